The second-order valence-electron chi connectivity index (χ2n) is 4.91. The molecular weight excluding hydrogens is 254 g/mol. The van der Waals surface area contributed by atoms with Gasteiger partial charge in [-0.2, -0.15) is 0 Å². The standard InChI is InChI=1S/C16H19NO3/c1-12(17-7-6-14-3-2-8-18-14)13-4-5-15-16(11-13)20-10-9-19-15/h2-5,8,11-12,17H,6-7,9-10H2,1H3. The summed E-state index contributed by atoms with van der Waals surface area (Å²) in [7, 11) is 0. The number of hydrogen-bond acceptors (Lipinski definition) is 4. The lowest BCUT2D eigenvalue weighted by molar-refractivity contribution is 0.171. The monoisotopic (exact) mass is 273 g/mol. The molecule has 0 amide bonds. The average molecular weight is 273 g/mol. The van der Waals surface area contributed by atoms with Crippen molar-refractivity contribution in [1.82, 2.24) is 5.32 Å². The fourth-order valence-electron chi connectivity index (χ4n) is 2.31. The molecule has 1 atom stereocenters. The van der Waals surface area contributed by atoms with Crippen molar-refractivity contribution in [3.63, 3.8) is 0 Å². The Labute approximate surface area is 118 Å². The van der Waals surface area contributed by atoms with E-state index in [-0.39, 0.29) is 6.04 Å². The summed E-state index contributed by atoms with van der Waals surface area (Å²) in [4.78, 5) is 0. The van der Waals surface area contributed by atoms with E-state index < -0.39 is 0 Å². The molecule has 0 radical (unpaired) electrons. The van der Waals surface area contributed by atoms with E-state index in [1.807, 2.05) is 18.2 Å². The van der Waals surface area contributed by atoms with Gasteiger partial charge in [-0.3, -0.25) is 0 Å². The molecule has 1 N–H and O–H groups in total. The Morgan fingerprint density at radius 2 is 2.00 bits per heavy atom. The summed E-state index contributed by atoms with van der Waals surface area (Å²) in [6.45, 7) is 4.27. The van der Waals surface area contributed by atoms with Crippen LogP contribution in [-0.2, 0) is 6.42 Å². The maximum atomic E-state index is 5.61. The highest BCUT2D eigenvalue weighted by Gasteiger charge is 2.14. The number of fused-ring (bicyclic) bond motifs is 1. The third kappa shape index (κ3) is 2.96. The lowest BCUT2D eigenvalue weighted by atomic mass is 10.1. The van der Waals surface area contributed by atoms with Crippen LogP contribution in [0.3, 0.4) is 0 Å². The summed E-state index contributed by atoms with van der Waals surface area (Å²) in [5.41, 5.74) is 1.20. The van der Waals surface area contributed by atoms with E-state index in [1.54, 1.807) is 6.26 Å². The Morgan fingerprint density at radius 3 is 2.80 bits per heavy atom. The highest BCUT2D eigenvalue weighted by molar-refractivity contribution is 5.44. The molecule has 1 aromatic heterocycles. The highest BCUT2D eigenvalue weighted by Crippen LogP contribution is 2.32. The van der Waals surface area contributed by atoms with Gasteiger partial charge in [0.15, 0.2) is 11.5 Å². The van der Waals surface area contributed by atoms with E-state index >= 15 is 0 Å². The highest BCUT2D eigenvalue weighted by atomic mass is 16.6. The molecule has 1 aliphatic rings. The van der Waals surface area contributed by atoms with Crippen molar-refractivity contribution in [3.05, 3.63) is 47.9 Å². The van der Waals surface area contributed by atoms with Gasteiger partial charge in [0.25, 0.3) is 0 Å². The summed E-state index contributed by atoms with van der Waals surface area (Å²) in [5.74, 6) is 2.68. The first kappa shape index (κ1) is 13.1. The summed E-state index contributed by atoms with van der Waals surface area (Å²) in [6.07, 6.45) is 2.60. The number of furan rings is 1. The van der Waals surface area contributed by atoms with E-state index in [4.69, 9.17) is 13.9 Å². The molecular formula is C16H19NO3. The smallest absolute Gasteiger partial charge is 0.161 e. The fourth-order valence-corrected chi connectivity index (χ4v) is 2.31. The molecule has 20 heavy (non-hydrogen) atoms. The molecule has 4 heteroatoms. The van der Waals surface area contributed by atoms with Crippen LogP contribution < -0.4 is 14.8 Å². The van der Waals surface area contributed by atoms with Gasteiger partial charge in [0, 0.05) is 19.0 Å². The maximum Gasteiger partial charge on any atom is 0.161 e. The molecule has 2 heterocycles. The van der Waals surface area contributed by atoms with E-state index in [9.17, 15) is 0 Å². The Kier molecular flexibility index (Phi) is 3.92. The number of nitrogens with one attached hydrogen (secondary N) is 1. The van der Waals surface area contributed by atoms with Gasteiger partial charge < -0.3 is 19.2 Å². The minimum Gasteiger partial charge on any atom is -0.486 e. The zero-order valence-electron chi connectivity index (χ0n) is 11.6. The Morgan fingerprint density at radius 1 is 1.15 bits per heavy atom. The van der Waals surface area contributed by atoms with Crippen molar-refractivity contribution in [1.29, 1.82) is 0 Å². The van der Waals surface area contributed by atoms with Gasteiger partial charge in [-0.25, -0.2) is 0 Å². The first-order chi connectivity index (χ1) is 9.83. The molecule has 0 saturated carbocycles. The van der Waals surface area contributed by atoms with Gasteiger partial charge >= 0.3 is 0 Å². The normalized spacial score (nSPS) is 15.1. The third-order valence-electron chi connectivity index (χ3n) is 3.47. The average Bonchev–Trinajstić information content (AvgIpc) is 3.00. The fraction of sp³-hybridized carbons (Fsp3) is 0.375. The SMILES string of the molecule is CC(NCCc1ccco1)c1ccc2c(c1)OCCO2. The number of benzene rings is 1. The zero-order valence-corrected chi connectivity index (χ0v) is 11.6. The predicted octanol–water partition coefficient (Wildman–Crippen LogP) is 2.94. The first-order valence-electron chi connectivity index (χ1n) is 6.98. The minimum absolute atomic E-state index is 0.265. The molecule has 1 aromatic carbocycles. The second-order valence-corrected chi connectivity index (χ2v) is 4.91. The van der Waals surface area contributed by atoms with E-state index in [0.717, 1.165) is 30.2 Å². The molecule has 0 fully saturated rings. The lowest BCUT2D eigenvalue weighted by Crippen LogP contribution is -2.22. The van der Waals surface area contributed by atoms with Crippen LogP contribution in [0.25, 0.3) is 0 Å². The summed E-state index contributed by atoms with van der Waals surface area (Å²) in [5, 5.41) is 3.49. The summed E-state index contributed by atoms with van der Waals surface area (Å²) >= 11 is 0. The van der Waals surface area contributed by atoms with E-state index in [0.29, 0.717) is 13.2 Å². The van der Waals surface area contributed by atoms with Crippen molar-refractivity contribution >= 4 is 0 Å². The third-order valence-corrected chi connectivity index (χ3v) is 3.47. The van der Waals surface area contributed by atoms with Crippen LogP contribution in [0, 0.1) is 0 Å². The molecule has 2 aromatic rings. The van der Waals surface area contributed by atoms with E-state index in [1.165, 1.54) is 5.56 Å². The molecule has 106 valence electrons. The molecule has 0 spiro atoms. The molecule has 1 aliphatic heterocycles. The first-order valence-corrected chi connectivity index (χ1v) is 6.98. The topological polar surface area (TPSA) is 43.6 Å². The maximum absolute atomic E-state index is 5.61. The molecule has 1 unspecified atom stereocenters. The zero-order chi connectivity index (χ0) is 13.8. The van der Waals surface area contributed by atoms with Gasteiger partial charge in [-0.05, 0) is 36.8 Å². The van der Waals surface area contributed by atoms with Gasteiger partial charge in [0.1, 0.15) is 19.0 Å². The Balaban J connectivity index is 1.57. The molecule has 3 rings (SSSR count). The van der Waals surface area contributed by atoms with Gasteiger partial charge in [-0.15, -0.1) is 0 Å². The van der Waals surface area contributed by atoms with Crippen molar-refractivity contribution in [2.45, 2.75) is 19.4 Å². The van der Waals surface area contributed by atoms with Crippen molar-refractivity contribution in [2.75, 3.05) is 19.8 Å². The summed E-state index contributed by atoms with van der Waals surface area (Å²) in [6, 6.07) is 10.3. The van der Waals surface area contributed by atoms with E-state index in [2.05, 4.69) is 24.4 Å². The second kappa shape index (κ2) is 6.01. The predicted molar refractivity (Wildman–Crippen MR) is 76.3 cm³/mol. The van der Waals surface area contributed by atoms with Gasteiger partial charge in [-0.1, -0.05) is 6.07 Å². The Hall–Kier alpha value is -1.94. The summed E-state index contributed by atoms with van der Waals surface area (Å²) < 4.78 is 16.5. The molecule has 0 aliphatic carbocycles. The van der Waals surface area contributed by atoms with Crippen LogP contribution in [0.2, 0.25) is 0 Å². The van der Waals surface area contributed by atoms with Crippen molar-refractivity contribution in [2.24, 2.45) is 0 Å². The van der Waals surface area contributed by atoms with Crippen LogP contribution >= 0.6 is 0 Å². The number of hydrogen-bond donors (Lipinski definition) is 1. The molecule has 4 nitrogen and oxygen atoms in total. The van der Waals surface area contributed by atoms with Crippen LogP contribution in [0.5, 0.6) is 11.5 Å². The molecule has 0 saturated heterocycles. The number of rotatable bonds is 5. The van der Waals surface area contributed by atoms with Gasteiger partial charge in [0.05, 0.1) is 6.26 Å². The minimum atomic E-state index is 0.265. The largest absolute Gasteiger partial charge is 0.486 e. The molecule has 0 bridgehead atoms. The van der Waals surface area contributed by atoms with Crippen LogP contribution in [0.4, 0.5) is 0 Å². The van der Waals surface area contributed by atoms with Crippen LogP contribution in [-0.4, -0.2) is 19.8 Å². The number of ether oxygens (including phenoxy) is 2. The van der Waals surface area contributed by atoms with Crippen LogP contribution in [0.1, 0.15) is 24.3 Å². The van der Waals surface area contributed by atoms with Crippen molar-refractivity contribution < 1.29 is 13.9 Å². The van der Waals surface area contributed by atoms with Crippen LogP contribution in [0.15, 0.2) is 41.0 Å². The lowest BCUT2D eigenvalue weighted by Gasteiger charge is -2.21. The van der Waals surface area contributed by atoms with Crippen molar-refractivity contribution in [3.8, 4) is 11.5 Å². The quantitative estimate of drug-likeness (QED) is 0.909. The Bertz CT molecular complexity index is 551. The van der Waals surface area contributed by atoms with Gasteiger partial charge in [0.2, 0.25) is 0 Å².